The Morgan fingerprint density at radius 1 is 1.33 bits per heavy atom. The second-order valence-electron chi connectivity index (χ2n) is 3.29. The number of rotatable bonds is 3. The molecule has 0 radical (unpaired) electrons. The Bertz CT molecular complexity index is 267. The Hall–Kier alpha value is 0.610. The smallest absolute Gasteiger partial charge is 0.212 e. The van der Waals surface area contributed by atoms with Crippen molar-refractivity contribution in [3.63, 3.8) is 0 Å². The Labute approximate surface area is 81.8 Å². The van der Waals surface area contributed by atoms with E-state index in [0.717, 1.165) is 12.8 Å². The van der Waals surface area contributed by atoms with Gasteiger partial charge in [0.2, 0.25) is 10.0 Å². The van der Waals surface area contributed by atoms with Crippen LogP contribution in [0.25, 0.3) is 0 Å². The van der Waals surface area contributed by atoms with Gasteiger partial charge in [-0.05, 0) is 12.8 Å². The van der Waals surface area contributed by atoms with Gasteiger partial charge >= 0.3 is 0 Å². The predicted molar refractivity (Wildman–Crippen MR) is 53.9 cm³/mol. The third-order valence-corrected chi connectivity index (χ3v) is 6.09. The van der Waals surface area contributed by atoms with Crippen molar-refractivity contribution in [1.82, 2.24) is 4.31 Å². The number of thiol groups is 1. The molecule has 0 atom stereocenters. The first kappa shape index (κ1) is 9.18. The van der Waals surface area contributed by atoms with Gasteiger partial charge in [0.05, 0.1) is 5.25 Å². The molecule has 70 valence electrons. The van der Waals surface area contributed by atoms with Crippen molar-refractivity contribution in [2.75, 3.05) is 13.1 Å². The van der Waals surface area contributed by atoms with E-state index in [9.17, 15) is 8.42 Å². The van der Waals surface area contributed by atoms with E-state index in [1.54, 1.807) is 4.31 Å². The van der Waals surface area contributed by atoms with Crippen LogP contribution in [0.2, 0.25) is 0 Å². The van der Waals surface area contributed by atoms with E-state index in [1.807, 2.05) is 0 Å². The maximum absolute atomic E-state index is 11.5. The summed E-state index contributed by atoms with van der Waals surface area (Å²) in [7, 11) is -1.43. The molecule has 0 aromatic carbocycles. The molecule has 1 aliphatic heterocycles. The lowest BCUT2D eigenvalue weighted by atomic mass is 10.3. The molecule has 12 heavy (non-hydrogen) atoms. The van der Waals surface area contributed by atoms with Crippen LogP contribution in [0.15, 0.2) is 0 Å². The zero-order chi connectivity index (χ0) is 8.77. The van der Waals surface area contributed by atoms with Gasteiger partial charge in [0.1, 0.15) is 0 Å². The Morgan fingerprint density at radius 2 is 1.92 bits per heavy atom. The molecular weight excluding hydrogens is 214 g/mol. The molecule has 2 fully saturated rings. The summed E-state index contributed by atoms with van der Waals surface area (Å²) in [5.41, 5.74) is 0. The molecule has 1 aliphatic carbocycles. The van der Waals surface area contributed by atoms with Crippen molar-refractivity contribution in [1.29, 1.82) is 0 Å². The van der Waals surface area contributed by atoms with Gasteiger partial charge in [0.25, 0.3) is 0 Å². The largest absolute Gasteiger partial charge is 0.217 e. The highest BCUT2D eigenvalue weighted by Crippen LogP contribution is 2.35. The number of nitrogens with zero attached hydrogens (tertiary/aromatic N) is 1. The first-order chi connectivity index (χ1) is 5.64. The minimum atomic E-state index is -2.89. The fourth-order valence-corrected chi connectivity index (χ4v) is 4.26. The van der Waals surface area contributed by atoms with Crippen LogP contribution in [0.1, 0.15) is 12.8 Å². The van der Waals surface area contributed by atoms with Crippen LogP contribution < -0.4 is 0 Å². The molecule has 6 heteroatoms. The van der Waals surface area contributed by atoms with Crippen molar-refractivity contribution in [2.45, 2.75) is 23.3 Å². The van der Waals surface area contributed by atoms with E-state index in [2.05, 4.69) is 11.7 Å². The lowest BCUT2D eigenvalue weighted by Gasteiger charge is -2.36. The minimum Gasteiger partial charge on any atom is -0.212 e. The molecule has 3 nitrogen and oxygen atoms in total. The van der Waals surface area contributed by atoms with Gasteiger partial charge in [-0.15, -0.1) is 11.7 Å². The molecule has 2 rings (SSSR count). The fraction of sp³-hybridized carbons (Fsp3) is 1.00. The molecule has 0 spiro atoms. The Kier molecular flexibility index (Phi) is 2.35. The average molecular weight is 225 g/mol. The first-order valence-corrected chi connectivity index (χ1v) is 7.37. The number of hydrogen-bond donors (Lipinski definition) is 1. The maximum atomic E-state index is 11.5. The number of sulfonamides is 1. The van der Waals surface area contributed by atoms with Crippen molar-refractivity contribution in [2.24, 2.45) is 0 Å². The van der Waals surface area contributed by atoms with Crippen LogP contribution in [-0.4, -0.2) is 36.3 Å². The highest BCUT2D eigenvalue weighted by Gasteiger charge is 2.44. The highest BCUT2D eigenvalue weighted by molar-refractivity contribution is 8.68. The van der Waals surface area contributed by atoms with Gasteiger partial charge in [-0.1, -0.05) is 10.8 Å². The fourth-order valence-electron chi connectivity index (χ4n) is 1.25. The second kappa shape index (κ2) is 3.08. The summed E-state index contributed by atoms with van der Waals surface area (Å²) in [6.07, 6.45) is 1.72. The average Bonchev–Trinajstić information content (AvgIpc) is 2.63. The zero-order valence-electron chi connectivity index (χ0n) is 6.51. The normalized spacial score (nSPS) is 27.1. The van der Waals surface area contributed by atoms with E-state index >= 15 is 0 Å². The predicted octanol–water partition coefficient (Wildman–Crippen LogP) is 0.741. The summed E-state index contributed by atoms with van der Waals surface area (Å²) in [5, 5.41) is 0.352. The minimum absolute atomic E-state index is 0.0524. The van der Waals surface area contributed by atoms with Gasteiger partial charge in [-0.25, -0.2) is 8.42 Å². The summed E-state index contributed by atoms with van der Waals surface area (Å²) in [6.45, 7) is 1.32. The van der Waals surface area contributed by atoms with Gasteiger partial charge in [-0.3, -0.25) is 0 Å². The van der Waals surface area contributed by atoms with Crippen LogP contribution in [0, 0.1) is 0 Å². The first-order valence-electron chi connectivity index (χ1n) is 3.94. The monoisotopic (exact) mass is 225 g/mol. The van der Waals surface area contributed by atoms with Gasteiger partial charge in [0.15, 0.2) is 0 Å². The van der Waals surface area contributed by atoms with Crippen LogP contribution in [0.5, 0.6) is 0 Å². The van der Waals surface area contributed by atoms with Crippen molar-refractivity contribution >= 4 is 32.5 Å². The number of hydrogen-bond acceptors (Lipinski definition) is 4. The molecule has 1 saturated carbocycles. The van der Waals surface area contributed by atoms with Crippen molar-refractivity contribution in [3.05, 3.63) is 0 Å². The third-order valence-electron chi connectivity index (χ3n) is 2.27. The maximum Gasteiger partial charge on any atom is 0.217 e. The quantitative estimate of drug-likeness (QED) is 0.569. The summed E-state index contributed by atoms with van der Waals surface area (Å²) >= 11 is 4.05. The molecule has 0 N–H and O–H groups in total. The summed E-state index contributed by atoms with van der Waals surface area (Å²) < 4.78 is 24.6. The lowest BCUT2D eigenvalue weighted by molar-refractivity contribution is 0.320. The summed E-state index contributed by atoms with van der Waals surface area (Å²) in [4.78, 5) is 0. The molecule has 0 bridgehead atoms. The molecule has 1 heterocycles. The lowest BCUT2D eigenvalue weighted by Crippen LogP contribution is -2.52. The van der Waals surface area contributed by atoms with Gasteiger partial charge < -0.3 is 0 Å². The van der Waals surface area contributed by atoms with E-state index < -0.39 is 10.0 Å². The molecule has 0 aromatic rings. The highest BCUT2D eigenvalue weighted by atomic mass is 33.1. The van der Waals surface area contributed by atoms with Crippen LogP contribution in [-0.2, 0) is 10.0 Å². The molecule has 2 aliphatic rings. The molecule has 0 amide bonds. The topological polar surface area (TPSA) is 37.4 Å². The standard InChI is InChI=1S/C6H11NO2S3/c8-12(9,6-1-2-6)7-3-5(4-7)11-10/h5-6,10H,1-4H2. The van der Waals surface area contributed by atoms with E-state index in [4.69, 9.17) is 0 Å². The van der Waals surface area contributed by atoms with Crippen LogP contribution in [0.3, 0.4) is 0 Å². The van der Waals surface area contributed by atoms with Gasteiger partial charge in [0, 0.05) is 18.3 Å². The van der Waals surface area contributed by atoms with Crippen molar-refractivity contribution < 1.29 is 8.42 Å². The molecular formula is C6H11NO2S3. The molecule has 0 unspecified atom stereocenters. The third kappa shape index (κ3) is 1.49. The Morgan fingerprint density at radius 3 is 2.33 bits per heavy atom. The van der Waals surface area contributed by atoms with Crippen molar-refractivity contribution in [3.8, 4) is 0 Å². The van der Waals surface area contributed by atoms with E-state index in [1.165, 1.54) is 10.8 Å². The van der Waals surface area contributed by atoms with E-state index in [-0.39, 0.29) is 5.25 Å². The van der Waals surface area contributed by atoms with Crippen LogP contribution in [0.4, 0.5) is 0 Å². The van der Waals surface area contributed by atoms with Crippen LogP contribution >= 0.6 is 22.5 Å². The SMILES string of the molecule is O=S(=O)(C1CC1)N1CC(SS)C1. The van der Waals surface area contributed by atoms with Gasteiger partial charge in [-0.2, -0.15) is 4.31 Å². The molecule has 0 aromatic heterocycles. The van der Waals surface area contributed by atoms with E-state index in [0.29, 0.717) is 18.3 Å². The summed E-state index contributed by atoms with van der Waals surface area (Å²) in [6, 6.07) is 0. The zero-order valence-corrected chi connectivity index (χ0v) is 9.04. The Balaban J connectivity index is 1.94. The molecule has 1 saturated heterocycles. The summed E-state index contributed by atoms with van der Waals surface area (Å²) in [5.74, 6) is 0. The second-order valence-corrected chi connectivity index (χ2v) is 7.01.